The van der Waals surface area contributed by atoms with E-state index in [1.807, 2.05) is 24.3 Å². The molecule has 1 fully saturated rings. The molecular formula is C19H21BrN2O4S. The summed E-state index contributed by atoms with van der Waals surface area (Å²) < 4.78 is 31.5. The maximum absolute atomic E-state index is 12.5. The van der Waals surface area contributed by atoms with Crippen LogP contribution in [0.3, 0.4) is 0 Å². The summed E-state index contributed by atoms with van der Waals surface area (Å²) in [6.07, 6.45) is 2.55. The number of carbonyl (C=O) groups is 1. The fourth-order valence-electron chi connectivity index (χ4n) is 2.95. The molecule has 1 unspecified atom stereocenters. The largest absolute Gasteiger partial charge is 0.457 e. The summed E-state index contributed by atoms with van der Waals surface area (Å²) in [5, 5.41) is 2.86. The second-order valence-electron chi connectivity index (χ2n) is 6.53. The van der Waals surface area contributed by atoms with Crippen LogP contribution in [0.2, 0.25) is 0 Å². The lowest BCUT2D eigenvalue weighted by Gasteiger charge is -2.30. The van der Waals surface area contributed by atoms with Gasteiger partial charge in [-0.15, -0.1) is 0 Å². The number of nitrogens with zero attached hydrogens (tertiary/aromatic N) is 1. The van der Waals surface area contributed by atoms with Gasteiger partial charge in [0.15, 0.2) is 0 Å². The highest BCUT2D eigenvalue weighted by atomic mass is 79.9. The van der Waals surface area contributed by atoms with Crippen molar-refractivity contribution in [3.05, 3.63) is 53.0 Å². The molecule has 2 aromatic rings. The molecule has 8 heteroatoms. The normalized spacial score (nSPS) is 18.1. The predicted octanol–water partition coefficient (Wildman–Crippen LogP) is 3.85. The van der Waals surface area contributed by atoms with Crippen LogP contribution >= 0.6 is 15.9 Å². The van der Waals surface area contributed by atoms with Crippen molar-refractivity contribution in [2.75, 3.05) is 24.7 Å². The van der Waals surface area contributed by atoms with Crippen molar-refractivity contribution in [3.63, 3.8) is 0 Å². The number of anilines is 1. The van der Waals surface area contributed by atoms with Crippen LogP contribution in [0, 0.1) is 5.92 Å². The highest BCUT2D eigenvalue weighted by molar-refractivity contribution is 9.10. The third kappa shape index (κ3) is 5.54. The molecule has 1 aliphatic heterocycles. The minimum Gasteiger partial charge on any atom is -0.457 e. The molecule has 6 nitrogen and oxygen atoms in total. The Morgan fingerprint density at radius 2 is 1.70 bits per heavy atom. The third-order valence-corrected chi connectivity index (χ3v) is 6.19. The summed E-state index contributed by atoms with van der Waals surface area (Å²) in [5.74, 6) is 0.881. The molecular weight excluding hydrogens is 432 g/mol. The van der Waals surface area contributed by atoms with Crippen molar-refractivity contribution in [1.82, 2.24) is 4.31 Å². The van der Waals surface area contributed by atoms with Gasteiger partial charge in [-0.2, -0.15) is 0 Å². The number of carbonyl (C=O) groups excluding carboxylic acids is 1. The number of rotatable bonds is 5. The molecule has 2 aromatic carbocycles. The number of ether oxygens (including phenoxy) is 1. The molecule has 0 bridgehead atoms. The van der Waals surface area contributed by atoms with Crippen LogP contribution in [0.5, 0.6) is 11.5 Å². The second-order valence-corrected chi connectivity index (χ2v) is 9.43. The smallest absolute Gasteiger partial charge is 0.228 e. The summed E-state index contributed by atoms with van der Waals surface area (Å²) in [7, 11) is -3.27. The predicted molar refractivity (Wildman–Crippen MR) is 108 cm³/mol. The van der Waals surface area contributed by atoms with Crippen molar-refractivity contribution in [2.45, 2.75) is 12.8 Å². The van der Waals surface area contributed by atoms with Gasteiger partial charge in [0.25, 0.3) is 0 Å². The Bertz CT molecular complexity index is 898. The Hall–Kier alpha value is -1.90. The van der Waals surface area contributed by atoms with Gasteiger partial charge in [0.1, 0.15) is 11.5 Å². The van der Waals surface area contributed by atoms with Crippen molar-refractivity contribution >= 4 is 37.5 Å². The summed E-state index contributed by atoms with van der Waals surface area (Å²) in [6, 6.07) is 14.6. The minimum atomic E-state index is -3.27. The zero-order valence-electron chi connectivity index (χ0n) is 14.9. The molecule has 27 heavy (non-hydrogen) atoms. The monoisotopic (exact) mass is 452 g/mol. The van der Waals surface area contributed by atoms with Crippen molar-refractivity contribution in [2.24, 2.45) is 5.92 Å². The van der Waals surface area contributed by atoms with Crippen LogP contribution < -0.4 is 10.1 Å². The standard InChI is InChI=1S/C19H21BrN2O4S/c1-27(24,25)22-12-2-3-14(13-22)19(23)21-16-6-10-18(11-7-16)26-17-8-4-15(20)5-9-17/h4-11,14H,2-3,12-13H2,1H3,(H,21,23). The SMILES string of the molecule is CS(=O)(=O)N1CCCC(C(=O)Nc2ccc(Oc3ccc(Br)cc3)cc2)C1. The van der Waals surface area contributed by atoms with Crippen LogP contribution in [-0.4, -0.2) is 38.0 Å². The van der Waals surface area contributed by atoms with Crippen LogP contribution in [0.25, 0.3) is 0 Å². The van der Waals surface area contributed by atoms with Gasteiger partial charge < -0.3 is 10.1 Å². The Morgan fingerprint density at radius 3 is 2.30 bits per heavy atom. The number of piperidine rings is 1. The topological polar surface area (TPSA) is 75.7 Å². The molecule has 144 valence electrons. The quantitative estimate of drug-likeness (QED) is 0.747. The highest BCUT2D eigenvalue weighted by Crippen LogP contribution is 2.25. The highest BCUT2D eigenvalue weighted by Gasteiger charge is 2.30. The van der Waals surface area contributed by atoms with Crippen LogP contribution in [0.1, 0.15) is 12.8 Å². The molecule has 0 spiro atoms. The number of hydrogen-bond donors (Lipinski definition) is 1. The molecule has 3 rings (SSSR count). The molecule has 1 N–H and O–H groups in total. The summed E-state index contributed by atoms with van der Waals surface area (Å²) >= 11 is 3.38. The number of hydrogen-bond acceptors (Lipinski definition) is 4. The summed E-state index contributed by atoms with van der Waals surface area (Å²) in [6.45, 7) is 0.708. The molecule has 1 saturated heterocycles. The van der Waals surface area contributed by atoms with Gasteiger partial charge in [0.2, 0.25) is 15.9 Å². The van der Waals surface area contributed by atoms with Gasteiger partial charge in [0, 0.05) is 23.2 Å². The van der Waals surface area contributed by atoms with Crippen molar-refractivity contribution in [1.29, 1.82) is 0 Å². The first-order chi connectivity index (χ1) is 12.8. The first kappa shape index (κ1) is 19.9. The van der Waals surface area contributed by atoms with E-state index >= 15 is 0 Å². The molecule has 1 aliphatic rings. The average molecular weight is 453 g/mol. The zero-order valence-corrected chi connectivity index (χ0v) is 17.3. The average Bonchev–Trinajstić information content (AvgIpc) is 2.64. The second kappa shape index (κ2) is 8.41. The van der Waals surface area contributed by atoms with Gasteiger partial charge in [-0.1, -0.05) is 15.9 Å². The van der Waals surface area contributed by atoms with Gasteiger partial charge in [0.05, 0.1) is 12.2 Å². The van der Waals surface area contributed by atoms with Gasteiger partial charge >= 0.3 is 0 Å². The van der Waals surface area contributed by atoms with E-state index in [-0.39, 0.29) is 18.4 Å². The Morgan fingerprint density at radius 1 is 1.11 bits per heavy atom. The lowest BCUT2D eigenvalue weighted by molar-refractivity contribution is -0.120. The number of halogens is 1. The van der Waals surface area contributed by atoms with Gasteiger partial charge in [-0.05, 0) is 61.4 Å². The van der Waals surface area contributed by atoms with Crippen molar-refractivity contribution in [3.8, 4) is 11.5 Å². The number of benzene rings is 2. The van der Waals surface area contributed by atoms with E-state index in [2.05, 4.69) is 21.2 Å². The minimum absolute atomic E-state index is 0.162. The molecule has 0 radical (unpaired) electrons. The summed E-state index contributed by atoms with van der Waals surface area (Å²) in [4.78, 5) is 12.5. The number of amides is 1. The maximum Gasteiger partial charge on any atom is 0.228 e. The van der Waals surface area contributed by atoms with Crippen LogP contribution in [0.15, 0.2) is 53.0 Å². The van der Waals surface area contributed by atoms with Crippen LogP contribution in [-0.2, 0) is 14.8 Å². The van der Waals surface area contributed by atoms with E-state index in [4.69, 9.17) is 4.74 Å². The van der Waals surface area contributed by atoms with Crippen molar-refractivity contribution < 1.29 is 17.9 Å². The molecule has 0 saturated carbocycles. The van der Waals surface area contributed by atoms with Gasteiger partial charge in [-0.25, -0.2) is 12.7 Å². The van der Waals surface area contributed by atoms with Crippen LogP contribution in [0.4, 0.5) is 5.69 Å². The lowest BCUT2D eigenvalue weighted by atomic mass is 9.99. The molecule has 0 aliphatic carbocycles. The Balaban J connectivity index is 1.59. The number of nitrogens with one attached hydrogen (secondary N) is 1. The van der Waals surface area contributed by atoms with E-state index in [0.29, 0.717) is 30.8 Å². The molecule has 1 heterocycles. The third-order valence-electron chi connectivity index (χ3n) is 4.40. The van der Waals surface area contributed by atoms with E-state index in [9.17, 15) is 13.2 Å². The van der Waals surface area contributed by atoms with E-state index < -0.39 is 10.0 Å². The summed E-state index contributed by atoms with van der Waals surface area (Å²) in [5.41, 5.74) is 0.652. The number of sulfonamides is 1. The fraction of sp³-hybridized carbons (Fsp3) is 0.316. The first-order valence-electron chi connectivity index (χ1n) is 8.61. The van der Waals surface area contributed by atoms with Gasteiger partial charge in [-0.3, -0.25) is 4.79 Å². The van der Waals surface area contributed by atoms with E-state index in [1.54, 1.807) is 24.3 Å². The maximum atomic E-state index is 12.5. The fourth-order valence-corrected chi connectivity index (χ4v) is 4.12. The lowest BCUT2D eigenvalue weighted by Crippen LogP contribution is -2.43. The Kier molecular flexibility index (Phi) is 6.18. The Labute approximate surface area is 167 Å². The molecule has 1 amide bonds. The van der Waals surface area contributed by atoms with E-state index in [1.165, 1.54) is 10.6 Å². The molecule has 1 atom stereocenters. The zero-order chi connectivity index (χ0) is 19.4. The first-order valence-corrected chi connectivity index (χ1v) is 11.2. The van der Waals surface area contributed by atoms with E-state index in [0.717, 1.165) is 10.2 Å². The molecule has 0 aromatic heterocycles.